The Morgan fingerprint density at radius 2 is 2.50 bits per heavy atom. The highest BCUT2D eigenvalue weighted by Gasteiger charge is 2.31. The number of hydrogen-bond acceptors (Lipinski definition) is 5. The minimum absolute atomic E-state index is 0.111. The summed E-state index contributed by atoms with van der Waals surface area (Å²) in [6, 6.07) is -0.125. The molecule has 2 rings (SSSR count). The van der Waals surface area contributed by atoms with Crippen LogP contribution in [0.5, 0.6) is 0 Å². The first kappa shape index (κ1) is 13.5. The molecule has 0 saturated carbocycles. The Balaban J connectivity index is 1.89. The van der Waals surface area contributed by atoms with Crippen molar-refractivity contribution in [2.75, 3.05) is 20.7 Å². The first-order valence-corrected chi connectivity index (χ1v) is 6.90. The fraction of sp³-hybridized carbons (Fsp3) is 0.667. The van der Waals surface area contributed by atoms with Crippen molar-refractivity contribution < 1.29 is 9.53 Å². The van der Waals surface area contributed by atoms with E-state index in [4.69, 9.17) is 4.74 Å². The van der Waals surface area contributed by atoms with E-state index in [2.05, 4.69) is 10.3 Å². The van der Waals surface area contributed by atoms with Crippen LogP contribution in [0.1, 0.15) is 17.1 Å². The molecule has 1 amide bonds. The maximum absolute atomic E-state index is 12.2. The van der Waals surface area contributed by atoms with Crippen LogP contribution in [0, 0.1) is 6.92 Å². The average molecular weight is 269 g/mol. The van der Waals surface area contributed by atoms with E-state index in [1.807, 2.05) is 19.4 Å². The standard InChI is InChI=1S/C12H19N3O2S/c1-8-14-9(7-18-8)6-15(2)12(16)11-4-10(17-3)5-13-11/h7,10-11,13H,4-6H2,1-3H3. The molecule has 1 fully saturated rings. The zero-order valence-corrected chi connectivity index (χ0v) is 11.8. The average Bonchev–Trinajstić information content (AvgIpc) is 2.97. The van der Waals surface area contributed by atoms with Crippen LogP contribution in [0.3, 0.4) is 0 Å². The van der Waals surface area contributed by atoms with E-state index < -0.39 is 0 Å². The van der Waals surface area contributed by atoms with Crippen LogP contribution in [-0.2, 0) is 16.1 Å². The van der Waals surface area contributed by atoms with Gasteiger partial charge in [-0.3, -0.25) is 4.79 Å². The van der Waals surface area contributed by atoms with E-state index >= 15 is 0 Å². The molecule has 0 bridgehead atoms. The summed E-state index contributed by atoms with van der Waals surface area (Å²) in [6.07, 6.45) is 0.893. The number of carbonyl (C=O) groups excluding carboxylic acids is 1. The number of thiazole rings is 1. The van der Waals surface area contributed by atoms with Gasteiger partial charge in [0.25, 0.3) is 0 Å². The van der Waals surface area contributed by atoms with Gasteiger partial charge in [0, 0.05) is 26.1 Å². The van der Waals surface area contributed by atoms with Gasteiger partial charge in [-0.15, -0.1) is 11.3 Å². The zero-order valence-electron chi connectivity index (χ0n) is 11.0. The number of aryl methyl sites for hydroxylation is 1. The monoisotopic (exact) mass is 269 g/mol. The summed E-state index contributed by atoms with van der Waals surface area (Å²) in [4.78, 5) is 18.3. The van der Waals surface area contributed by atoms with Gasteiger partial charge < -0.3 is 15.0 Å². The van der Waals surface area contributed by atoms with Crippen molar-refractivity contribution in [3.05, 3.63) is 16.1 Å². The van der Waals surface area contributed by atoms with Crippen molar-refractivity contribution in [1.82, 2.24) is 15.2 Å². The van der Waals surface area contributed by atoms with E-state index in [0.29, 0.717) is 6.54 Å². The Labute approximate surface area is 111 Å². The zero-order chi connectivity index (χ0) is 13.1. The van der Waals surface area contributed by atoms with Gasteiger partial charge in [-0.1, -0.05) is 0 Å². The molecule has 0 aromatic carbocycles. The van der Waals surface area contributed by atoms with Crippen LogP contribution in [0.4, 0.5) is 0 Å². The number of rotatable bonds is 4. The fourth-order valence-corrected chi connectivity index (χ4v) is 2.74. The topological polar surface area (TPSA) is 54.5 Å². The van der Waals surface area contributed by atoms with Crippen LogP contribution in [0.25, 0.3) is 0 Å². The van der Waals surface area contributed by atoms with Crippen molar-refractivity contribution in [1.29, 1.82) is 0 Å². The van der Waals surface area contributed by atoms with Gasteiger partial charge in [-0.2, -0.15) is 0 Å². The second kappa shape index (κ2) is 5.77. The van der Waals surface area contributed by atoms with Crippen LogP contribution >= 0.6 is 11.3 Å². The van der Waals surface area contributed by atoms with Crippen molar-refractivity contribution in [3.63, 3.8) is 0 Å². The molecule has 1 aliphatic rings. The smallest absolute Gasteiger partial charge is 0.239 e. The molecule has 1 aromatic heterocycles. The molecular weight excluding hydrogens is 250 g/mol. The number of amides is 1. The summed E-state index contributed by atoms with van der Waals surface area (Å²) in [6.45, 7) is 3.28. The molecule has 0 aliphatic carbocycles. The predicted octanol–water partition coefficient (Wildman–Crippen LogP) is 0.787. The van der Waals surface area contributed by atoms with E-state index in [-0.39, 0.29) is 18.1 Å². The Kier molecular flexibility index (Phi) is 4.31. The third kappa shape index (κ3) is 3.07. The number of methoxy groups -OCH3 is 1. The lowest BCUT2D eigenvalue weighted by Gasteiger charge is -2.20. The highest BCUT2D eigenvalue weighted by Crippen LogP contribution is 2.14. The summed E-state index contributed by atoms with van der Waals surface area (Å²) >= 11 is 1.61. The Bertz CT molecular complexity index is 421. The van der Waals surface area contributed by atoms with Crippen molar-refractivity contribution in [2.24, 2.45) is 0 Å². The molecule has 1 aliphatic heterocycles. The maximum Gasteiger partial charge on any atom is 0.239 e. The van der Waals surface area contributed by atoms with Gasteiger partial charge in [-0.05, 0) is 13.3 Å². The van der Waals surface area contributed by atoms with Crippen molar-refractivity contribution in [3.8, 4) is 0 Å². The molecule has 2 atom stereocenters. The molecule has 6 heteroatoms. The van der Waals surface area contributed by atoms with Crippen molar-refractivity contribution >= 4 is 17.2 Å². The number of likely N-dealkylation sites (N-methyl/N-ethyl adjacent to an activating group) is 1. The van der Waals surface area contributed by atoms with Gasteiger partial charge >= 0.3 is 0 Å². The molecule has 18 heavy (non-hydrogen) atoms. The molecule has 0 spiro atoms. The maximum atomic E-state index is 12.2. The Morgan fingerprint density at radius 3 is 3.06 bits per heavy atom. The Hall–Kier alpha value is -0.980. The molecule has 5 nitrogen and oxygen atoms in total. The summed E-state index contributed by atoms with van der Waals surface area (Å²) in [5.41, 5.74) is 0.953. The second-order valence-corrected chi connectivity index (χ2v) is 5.67. The molecule has 100 valence electrons. The molecule has 2 unspecified atom stereocenters. The number of nitrogens with one attached hydrogen (secondary N) is 1. The van der Waals surface area contributed by atoms with Gasteiger partial charge in [0.15, 0.2) is 0 Å². The largest absolute Gasteiger partial charge is 0.380 e. The first-order chi connectivity index (χ1) is 8.60. The van der Waals surface area contributed by atoms with Crippen LogP contribution < -0.4 is 5.32 Å². The van der Waals surface area contributed by atoms with E-state index in [0.717, 1.165) is 23.7 Å². The third-order valence-electron chi connectivity index (χ3n) is 3.16. The SMILES string of the molecule is COC1CNC(C(=O)N(C)Cc2csc(C)n2)C1. The van der Waals surface area contributed by atoms with Crippen LogP contribution in [0.15, 0.2) is 5.38 Å². The highest BCUT2D eigenvalue weighted by molar-refractivity contribution is 7.09. The quantitative estimate of drug-likeness (QED) is 0.878. The second-order valence-electron chi connectivity index (χ2n) is 4.61. The molecule has 1 aromatic rings. The number of ether oxygens (including phenoxy) is 1. The highest BCUT2D eigenvalue weighted by atomic mass is 32.1. The number of carbonyl (C=O) groups is 1. The van der Waals surface area contributed by atoms with Gasteiger partial charge in [0.05, 0.1) is 29.4 Å². The molecular formula is C12H19N3O2S. The van der Waals surface area contributed by atoms with Gasteiger partial charge in [0.2, 0.25) is 5.91 Å². The normalized spacial score (nSPS) is 23.3. The number of hydrogen-bond donors (Lipinski definition) is 1. The summed E-state index contributed by atoms with van der Waals surface area (Å²) in [7, 11) is 3.50. The first-order valence-electron chi connectivity index (χ1n) is 6.02. The van der Waals surface area contributed by atoms with E-state index in [1.165, 1.54) is 0 Å². The lowest BCUT2D eigenvalue weighted by Crippen LogP contribution is -2.41. The third-order valence-corrected chi connectivity index (χ3v) is 3.99. The van der Waals surface area contributed by atoms with Crippen LogP contribution in [0.2, 0.25) is 0 Å². The van der Waals surface area contributed by atoms with Gasteiger partial charge in [0.1, 0.15) is 0 Å². The Morgan fingerprint density at radius 1 is 1.72 bits per heavy atom. The molecule has 1 N–H and O–H groups in total. The predicted molar refractivity (Wildman–Crippen MR) is 70.5 cm³/mol. The molecule has 0 radical (unpaired) electrons. The van der Waals surface area contributed by atoms with Crippen molar-refractivity contribution in [2.45, 2.75) is 32.0 Å². The lowest BCUT2D eigenvalue weighted by atomic mass is 10.2. The van der Waals surface area contributed by atoms with E-state index in [1.54, 1.807) is 23.3 Å². The number of aromatic nitrogens is 1. The summed E-state index contributed by atoms with van der Waals surface area (Å²) < 4.78 is 5.25. The molecule has 1 saturated heterocycles. The summed E-state index contributed by atoms with van der Waals surface area (Å²) in [5.74, 6) is 0.111. The minimum atomic E-state index is -0.125. The minimum Gasteiger partial charge on any atom is -0.380 e. The molecule has 2 heterocycles. The lowest BCUT2D eigenvalue weighted by molar-refractivity contribution is -0.132. The summed E-state index contributed by atoms with van der Waals surface area (Å²) in [5, 5.41) is 6.23. The number of nitrogens with zero attached hydrogens (tertiary/aromatic N) is 2. The van der Waals surface area contributed by atoms with Gasteiger partial charge in [-0.25, -0.2) is 4.98 Å². The fourth-order valence-electron chi connectivity index (χ4n) is 2.14. The van der Waals surface area contributed by atoms with E-state index in [9.17, 15) is 4.79 Å². The van der Waals surface area contributed by atoms with Crippen LogP contribution in [-0.4, -0.2) is 48.6 Å².